The zero-order chi connectivity index (χ0) is 15.4. The van der Waals surface area contributed by atoms with Gasteiger partial charge in [-0.3, -0.25) is 9.88 Å². The minimum atomic E-state index is -0.376. The van der Waals surface area contributed by atoms with Gasteiger partial charge < -0.3 is 9.47 Å². The number of morpholine rings is 1. The number of aromatic nitrogens is 1. The van der Waals surface area contributed by atoms with E-state index in [-0.39, 0.29) is 11.6 Å². The van der Waals surface area contributed by atoms with Crippen LogP contribution >= 0.6 is 0 Å². The summed E-state index contributed by atoms with van der Waals surface area (Å²) in [4.78, 5) is 6.79. The van der Waals surface area contributed by atoms with Crippen molar-refractivity contribution >= 4 is 0 Å². The Morgan fingerprint density at radius 2 is 2.05 bits per heavy atom. The third kappa shape index (κ3) is 3.43. The number of ether oxygens (including phenoxy) is 2. The first-order valence-corrected chi connectivity index (χ1v) is 7.35. The molecular weight excluding hydrogens is 283 g/mol. The van der Waals surface area contributed by atoms with Gasteiger partial charge >= 0.3 is 0 Å². The summed E-state index contributed by atoms with van der Waals surface area (Å²) in [5.41, 5.74) is 2.66. The van der Waals surface area contributed by atoms with Crippen LogP contribution in [0.25, 0.3) is 11.3 Å². The normalized spacial score (nSPS) is 15.7. The standard InChI is InChI=1S/C17H19FN2O2/c1-21-17-5-3-14(10-15(17)18)16-4-2-13(11-19-16)12-20-6-8-22-9-7-20/h2-5,10-11H,6-9,12H2,1H3. The van der Waals surface area contributed by atoms with Gasteiger partial charge in [-0.1, -0.05) is 6.07 Å². The molecule has 116 valence electrons. The van der Waals surface area contributed by atoms with Crippen LogP contribution in [-0.2, 0) is 11.3 Å². The number of benzene rings is 1. The molecule has 0 atom stereocenters. The van der Waals surface area contributed by atoms with Crippen molar-refractivity contribution in [3.63, 3.8) is 0 Å². The Kier molecular flexibility index (Phi) is 4.65. The topological polar surface area (TPSA) is 34.6 Å². The Hall–Kier alpha value is -1.98. The van der Waals surface area contributed by atoms with Crippen LogP contribution in [0.3, 0.4) is 0 Å². The van der Waals surface area contributed by atoms with Crippen LogP contribution in [0.1, 0.15) is 5.56 Å². The van der Waals surface area contributed by atoms with Gasteiger partial charge in [-0.25, -0.2) is 4.39 Å². The van der Waals surface area contributed by atoms with E-state index in [9.17, 15) is 4.39 Å². The predicted octanol–water partition coefficient (Wildman–Crippen LogP) is 2.73. The van der Waals surface area contributed by atoms with Crippen LogP contribution in [0, 0.1) is 5.82 Å². The maximum absolute atomic E-state index is 13.8. The molecular formula is C17H19FN2O2. The van der Waals surface area contributed by atoms with Crippen LogP contribution < -0.4 is 4.74 Å². The molecule has 1 fully saturated rings. The van der Waals surface area contributed by atoms with E-state index in [1.54, 1.807) is 6.07 Å². The summed E-state index contributed by atoms with van der Waals surface area (Å²) in [5, 5.41) is 0. The quantitative estimate of drug-likeness (QED) is 0.870. The first-order chi connectivity index (χ1) is 10.8. The van der Waals surface area contributed by atoms with Crippen LogP contribution in [0.2, 0.25) is 0 Å². The summed E-state index contributed by atoms with van der Waals surface area (Å²) in [6, 6.07) is 8.85. The molecule has 0 aliphatic carbocycles. The third-order valence-electron chi connectivity index (χ3n) is 3.78. The second kappa shape index (κ2) is 6.85. The molecule has 0 radical (unpaired) electrons. The molecule has 0 N–H and O–H groups in total. The maximum atomic E-state index is 13.8. The smallest absolute Gasteiger partial charge is 0.165 e. The van der Waals surface area contributed by atoms with Crippen molar-refractivity contribution in [2.45, 2.75) is 6.54 Å². The lowest BCUT2D eigenvalue weighted by Crippen LogP contribution is -2.35. The fourth-order valence-corrected chi connectivity index (χ4v) is 2.53. The number of methoxy groups -OCH3 is 1. The molecule has 3 rings (SSSR count). The average molecular weight is 302 g/mol. The van der Waals surface area contributed by atoms with Crippen molar-refractivity contribution < 1.29 is 13.9 Å². The largest absolute Gasteiger partial charge is 0.494 e. The number of rotatable bonds is 4. The lowest BCUT2D eigenvalue weighted by atomic mass is 10.1. The van der Waals surface area contributed by atoms with Gasteiger partial charge in [0.05, 0.1) is 26.0 Å². The van der Waals surface area contributed by atoms with E-state index in [1.807, 2.05) is 24.4 Å². The van der Waals surface area contributed by atoms with Crippen molar-refractivity contribution in [2.75, 3.05) is 33.4 Å². The Labute approximate surface area is 129 Å². The van der Waals surface area contributed by atoms with Gasteiger partial charge in [0.1, 0.15) is 0 Å². The Bertz CT molecular complexity index is 625. The van der Waals surface area contributed by atoms with Gasteiger partial charge in [-0.15, -0.1) is 0 Å². The molecule has 1 aromatic heterocycles. The maximum Gasteiger partial charge on any atom is 0.165 e. The molecule has 0 spiro atoms. The molecule has 5 heteroatoms. The predicted molar refractivity (Wildman–Crippen MR) is 82.3 cm³/mol. The summed E-state index contributed by atoms with van der Waals surface area (Å²) >= 11 is 0. The lowest BCUT2D eigenvalue weighted by Gasteiger charge is -2.26. The van der Waals surface area contributed by atoms with E-state index in [0.29, 0.717) is 0 Å². The van der Waals surface area contributed by atoms with Gasteiger partial charge in [-0.2, -0.15) is 0 Å². The summed E-state index contributed by atoms with van der Waals surface area (Å²) < 4.78 is 24.0. The summed E-state index contributed by atoms with van der Waals surface area (Å²) in [5.74, 6) is -0.133. The fraction of sp³-hybridized carbons (Fsp3) is 0.353. The Morgan fingerprint density at radius 3 is 2.68 bits per heavy atom. The molecule has 1 aliphatic heterocycles. The van der Waals surface area contributed by atoms with Crippen LogP contribution in [0.4, 0.5) is 4.39 Å². The highest BCUT2D eigenvalue weighted by Crippen LogP contribution is 2.24. The van der Waals surface area contributed by atoms with Crippen molar-refractivity contribution in [2.24, 2.45) is 0 Å². The van der Waals surface area contributed by atoms with Gasteiger partial charge in [0.25, 0.3) is 0 Å². The lowest BCUT2D eigenvalue weighted by molar-refractivity contribution is 0.0341. The Morgan fingerprint density at radius 1 is 1.23 bits per heavy atom. The van der Waals surface area contributed by atoms with Crippen molar-refractivity contribution in [3.05, 3.63) is 47.9 Å². The van der Waals surface area contributed by atoms with E-state index in [1.165, 1.54) is 13.2 Å². The summed E-state index contributed by atoms with van der Waals surface area (Å²) in [7, 11) is 1.46. The van der Waals surface area contributed by atoms with E-state index in [4.69, 9.17) is 9.47 Å². The molecule has 22 heavy (non-hydrogen) atoms. The zero-order valence-corrected chi connectivity index (χ0v) is 12.6. The van der Waals surface area contributed by atoms with E-state index < -0.39 is 0 Å². The zero-order valence-electron chi connectivity index (χ0n) is 12.6. The first-order valence-electron chi connectivity index (χ1n) is 7.35. The highest BCUT2D eigenvalue weighted by molar-refractivity contribution is 5.60. The van der Waals surface area contributed by atoms with Gasteiger partial charge in [0, 0.05) is 31.4 Å². The second-order valence-electron chi connectivity index (χ2n) is 5.29. The van der Waals surface area contributed by atoms with E-state index >= 15 is 0 Å². The van der Waals surface area contributed by atoms with Gasteiger partial charge in [0.2, 0.25) is 0 Å². The number of hydrogen-bond acceptors (Lipinski definition) is 4. The van der Waals surface area contributed by atoms with E-state index in [0.717, 1.165) is 49.7 Å². The molecule has 0 saturated carbocycles. The van der Waals surface area contributed by atoms with Crippen LogP contribution in [0.15, 0.2) is 36.5 Å². The second-order valence-corrected chi connectivity index (χ2v) is 5.29. The summed E-state index contributed by atoms with van der Waals surface area (Å²) in [6.07, 6.45) is 1.85. The highest BCUT2D eigenvalue weighted by Gasteiger charge is 2.11. The Balaban J connectivity index is 1.72. The molecule has 1 aromatic carbocycles. The van der Waals surface area contributed by atoms with Crippen molar-refractivity contribution in [3.8, 4) is 17.0 Å². The molecule has 2 aromatic rings. The van der Waals surface area contributed by atoms with E-state index in [2.05, 4.69) is 9.88 Å². The number of pyridine rings is 1. The third-order valence-corrected chi connectivity index (χ3v) is 3.78. The number of nitrogens with zero attached hydrogens (tertiary/aromatic N) is 2. The molecule has 4 nitrogen and oxygen atoms in total. The first kappa shape index (κ1) is 14.9. The monoisotopic (exact) mass is 302 g/mol. The average Bonchev–Trinajstić information content (AvgIpc) is 2.56. The molecule has 1 aliphatic rings. The molecule has 0 bridgehead atoms. The SMILES string of the molecule is COc1ccc(-c2ccc(CN3CCOCC3)cn2)cc1F. The summed E-state index contributed by atoms with van der Waals surface area (Å²) in [6.45, 7) is 4.35. The van der Waals surface area contributed by atoms with Gasteiger partial charge in [-0.05, 0) is 29.8 Å². The van der Waals surface area contributed by atoms with Crippen LogP contribution in [-0.4, -0.2) is 43.3 Å². The molecule has 2 heterocycles. The fourth-order valence-electron chi connectivity index (χ4n) is 2.53. The number of hydrogen-bond donors (Lipinski definition) is 0. The van der Waals surface area contributed by atoms with Crippen molar-refractivity contribution in [1.82, 2.24) is 9.88 Å². The molecule has 0 amide bonds. The number of halogens is 1. The van der Waals surface area contributed by atoms with Crippen molar-refractivity contribution in [1.29, 1.82) is 0 Å². The highest BCUT2D eigenvalue weighted by atomic mass is 19.1. The minimum Gasteiger partial charge on any atom is -0.494 e. The molecule has 0 unspecified atom stereocenters. The minimum absolute atomic E-state index is 0.243. The van der Waals surface area contributed by atoms with Crippen LogP contribution in [0.5, 0.6) is 5.75 Å². The van der Waals surface area contributed by atoms with Gasteiger partial charge in [0.15, 0.2) is 11.6 Å². The molecule has 1 saturated heterocycles.